The molecule has 0 bridgehead atoms. The predicted octanol–water partition coefficient (Wildman–Crippen LogP) is 3.55. The van der Waals surface area contributed by atoms with Crippen molar-refractivity contribution in [1.82, 2.24) is 14.8 Å². The van der Waals surface area contributed by atoms with Crippen LogP contribution in [0, 0.1) is 17.6 Å². The van der Waals surface area contributed by atoms with Crippen molar-refractivity contribution in [2.45, 2.75) is 23.5 Å². The molecule has 1 saturated heterocycles. The molecule has 0 aliphatic carbocycles. The lowest BCUT2D eigenvalue weighted by Crippen LogP contribution is -2.32. The highest BCUT2D eigenvalue weighted by molar-refractivity contribution is 7.86. The third-order valence-electron chi connectivity index (χ3n) is 5.08. The Hall–Kier alpha value is -2.40. The highest BCUT2D eigenvalue weighted by Gasteiger charge is 2.45. The summed E-state index contributed by atoms with van der Waals surface area (Å²) in [4.78, 5) is 3.86. The van der Waals surface area contributed by atoms with E-state index in [9.17, 15) is 17.2 Å². The molecule has 2 aromatic carbocycles. The Labute approximate surface area is 182 Å². The highest BCUT2D eigenvalue weighted by Crippen LogP contribution is 2.42. The summed E-state index contributed by atoms with van der Waals surface area (Å²) in [5, 5.41) is 4.45. The van der Waals surface area contributed by atoms with Gasteiger partial charge in [-0.3, -0.25) is 4.18 Å². The highest BCUT2D eigenvalue weighted by atomic mass is 35.5. The van der Waals surface area contributed by atoms with Crippen LogP contribution in [0.25, 0.3) is 0 Å². The fourth-order valence-electron chi connectivity index (χ4n) is 3.64. The van der Waals surface area contributed by atoms with Gasteiger partial charge in [0.15, 0.2) is 0 Å². The molecule has 31 heavy (non-hydrogen) atoms. The van der Waals surface area contributed by atoms with E-state index in [1.807, 2.05) is 0 Å². The van der Waals surface area contributed by atoms with E-state index in [0.29, 0.717) is 5.02 Å². The van der Waals surface area contributed by atoms with Crippen molar-refractivity contribution in [3.8, 4) is 0 Å². The molecule has 11 heteroatoms. The first-order valence-electron chi connectivity index (χ1n) is 9.34. The van der Waals surface area contributed by atoms with E-state index < -0.39 is 27.4 Å². The van der Waals surface area contributed by atoms with E-state index in [-0.39, 0.29) is 42.6 Å². The van der Waals surface area contributed by atoms with Crippen LogP contribution in [0.1, 0.15) is 12.0 Å². The molecule has 0 amide bonds. The van der Waals surface area contributed by atoms with Gasteiger partial charge in [-0.05, 0) is 36.8 Å². The molecule has 2 atom stereocenters. The molecular weight excluding hydrogens is 452 g/mol. The topological polar surface area (TPSA) is 83.3 Å². The zero-order valence-corrected chi connectivity index (χ0v) is 17.7. The molecule has 2 heterocycles. The number of hydrogen-bond acceptors (Lipinski definition) is 6. The van der Waals surface area contributed by atoms with Gasteiger partial charge in [-0.1, -0.05) is 17.7 Å². The molecule has 3 aromatic rings. The molecule has 0 radical (unpaired) electrons. The minimum Gasteiger partial charge on any atom is -0.368 e. The summed E-state index contributed by atoms with van der Waals surface area (Å²) in [6.45, 7) is 0.0878. The lowest BCUT2D eigenvalue weighted by Gasteiger charge is -2.29. The smallest absolute Gasteiger partial charge is 0.296 e. The van der Waals surface area contributed by atoms with Gasteiger partial charge in [0.25, 0.3) is 10.1 Å². The van der Waals surface area contributed by atoms with Crippen molar-refractivity contribution >= 4 is 21.7 Å². The third-order valence-corrected chi connectivity index (χ3v) is 6.63. The second-order valence-electron chi connectivity index (χ2n) is 7.29. The molecular formula is C20H18ClF2N3O4S. The van der Waals surface area contributed by atoms with Gasteiger partial charge in [0, 0.05) is 22.6 Å². The van der Waals surface area contributed by atoms with Gasteiger partial charge in [0.1, 0.15) is 29.9 Å². The molecule has 0 unspecified atom stereocenters. The van der Waals surface area contributed by atoms with Crippen LogP contribution in [-0.2, 0) is 31.2 Å². The monoisotopic (exact) mass is 469 g/mol. The van der Waals surface area contributed by atoms with Crippen molar-refractivity contribution in [3.05, 3.63) is 77.3 Å². The van der Waals surface area contributed by atoms with Gasteiger partial charge in [-0.25, -0.2) is 18.4 Å². The minimum atomic E-state index is -4.00. The average molecular weight is 470 g/mol. The zero-order valence-electron chi connectivity index (χ0n) is 16.1. The number of ether oxygens (including phenoxy) is 1. The Kier molecular flexibility index (Phi) is 6.07. The Bertz CT molecular complexity index is 1160. The van der Waals surface area contributed by atoms with Gasteiger partial charge in [-0.15, -0.1) is 0 Å². The van der Waals surface area contributed by atoms with Gasteiger partial charge in [0.05, 0.1) is 24.7 Å². The van der Waals surface area contributed by atoms with Gasteiger partial charge in [0.2, 0.25) is 0 Å². The van der Waals surface area contributed by atoms with Gasteiger partial charge in [-0.2, -0.15) is 13.5 Å². The average Bonchev–Trinajstić information content (AvgIpc) is 3.38. The number of rotatable bonds is 7. The summed E-state index contributed by atoms with van der Waals surface area (Å²) in [6.07, 6.45) is 3.04. The van der Waals surface area contributed by atoms with Crippen LogP contribution in [0.2, 0.25) is 5.02 Å². The van der Waals surface area contributed by atoms with Crippen molar-refractivity contribution < 1.29 is 26.1 Å². The number of nitrogens with zero attached hydrogens (tertiary/aromatic N) is 3. The van der Waals surface area contributed by atoms with Crippen LogP contribution in [0.3, 0.4) is 0 Å². The molecule has 7 nitrogen and oxygen atoms in total. The van der Waals surface area contributed by atoms with Crippen LogP contribution in [0.5, 0.6) is 0 Å². The molecule has 1 aliphatic heterocycles. The Morgan fingerprint density at radius 3 is 2.68 bits per heavy atom. The minimum absolute atomic E-state index is 0.0192. The standard InChI is InChI=1S/C20H18ClF2N3O4S/c21-15-1-4-17(5-2-15)31(27,28)30-10-14-8-20(29-9-14,11-26-13-24-12-25-26)18-6-3-16(22)7-19(18)23/h1-7,12-14H,8-11H2/t14-,20-/m0/s1. The fourth-order valence-corrected chi connectivity index (χ4v) is 4.74. The van der Waals surface area contributed by atoms with Crippen molar-refractivity contribution in [2.24, 2.45) is 5.92 Å². The summed E-state index contributed by atoms with van der Waals surface area (Å²) in [7, 11) is -4.00. The first-order valence-corrected chi connectivity index (χ1v) is 11.1. The second-order valence-corrected chi connectivity index (χ2v) is 9.34. The number of aromatic nitrogens is 3. The molecule has 1 fully saturated rings. The predicted molar refractivity (Wildman–Crippen MR) is 107 cm³/mol. The largest absolute Gasteiger partial charge is 0.368 e. The van der Waals surface area contributed by atoms with E-state index in [2.05, 4.69) is 10.1 Å². The molecule has 0 N–H and O–H groups in total. The van der Waals surface area contributed by atoms with E-state index in [0.717, 1.165) is 12.1 Å². The Morgan fingerprint density at radius 1 is 1.23 bits per heavy atom. The lowest BCUT2D eigenvalue weighted by atomic mass is 9.87. The molecule has 0 spiro atoms. The van der Waals surface area contributed by atoms with E-state index in [4.69, 9.17) is 20.5 Å². The summed E-state index contributed by atoms with van der Waals surface area (Å²) in [6, 6.07) is 8.89. The van der Waals surface area contributed by atoms with Crippen LogP contribution >= 0.6 is 11.6 Å². The summed E-state index contributed by atoms with van der Waals surface area (Å²) in [5.41, 5.74) is -1.02. The maximum atomic E-state index is 14.6. The Morgan fingerprint density at radius 2 is 2.00 bits per heavy atom. The molecule has 4 rings (SSSR count). The van der Waals surface area contributed by atoms with E-state index in [1.54, 1.807) is 0 Å². The quantitative estimate of drug-likeness (QED) is 0.492. The summed E-state index contributed by atoms with van der Waals surface area (Å²) >= 11 is 5.80. The first kappa shape index (κ1) is 21.8. The normalized spacial score (nSPS) is 21.5. The maximum absolute atomic E-state index is 14.6. The van der Waals surface area contributed by atoms with E-state index >= 15 is 0 Å². The lowest BCUT2D eigenvalue weighted by molar-refractivity contribution is -0.0206. The second kappa shape index (κ2) is 8.62. The number of hydrogen-bond donors (Lipinski definition) is 0. The molecule has 1 aliphatic rings. The number of benzene rings is 2. The van der Waals surface area contributed by atoms with Crippen LogP contribution in [-0.4, -0.2) is 36.4 Å². The van der Waals surface area contributed by atoms with Crippen LogP contribution in [0.15, 0.2) is 60.0 Å². The van der Waals surface area contributed by atoms with E-state index in [1.165, 1.54) is 47.7 Å². The molecule has 1 aromatic heterocycles. The maximum Gasteiger partial charge on any atom is 0.296 e. The third kappa shape index (κ3) is 4.77. The summed E-state index contributed by atoms with van der Waals surface area (Å²) < 4.78 is 65.6. The van der Waals surface area contributed by atoms with Crippen LogP contribution < -0.4 is 0 Å². The Balaban J connectivity index is 1.53. The van der Waals surface area contributed by atoms with Crippen LogP contribution in [0.4, 0.5) is 8.78 Å². The van der Waals surface area contributed by atoms with Crippen molar-refractivity contribution in [2.75, 3.05) is 13.2 Å². The SMILES string of the molecule is O=S(=O)(OC[C@@H]1CO[C@@](Cn2cncn2)(c2ccc(F)cc2F)C1)c1ccc(Cl)cc1. The van der Waals surface area contributed by atoms with Gasteiger partial charge < -0.3 is 4.74 Å². The molecule has 0 saturated carbocycles. The van der Waals surface area contributed by atoms with Gasteiger partial charge >= 0.3 is 0 Å². The molecule has 164 valence electrons. The van der Waals surface area contributed by atoms with Crippen molar-refractivity contribution in [1.29, 1.82) is 0 Å². The number of halogens is 3. The zero-order chi connectivity index (χ0) is 22.1. The fraction of sp³-hybridized carbons (Fsp3) is 0.300. The first-order chi connectivity index (χ1) is 14.8. The summed E-state index contributed by atoms with van der Waals surface area (Å²) in [5.74, 6) is -1.81. The van der Waals surface area contributed by atoms with Crippen molar-refractivity contribution in [3.63, 3.8) is 0 Å².